The van der Waals surface area contributed by atoms with Gasteiger partial charge in [0, 0.05) is 13.2 Å². The molecule has 0 radical (unpaired) electrons. The number of alkyl halides is 3. The third kappa shape index (κ3) is 5.34. The second-order valence-electron chi connectivity index (χ2n) is 4.89. The second kappa shape index (κ2) is 7.40. The van der Waals surface area contributed by atoms with Crippen molar-refractivity contribution in [3.8, 4) is 0 Å². The van der Waals surface area contributed by atoms with Gasteiger partial charge in [-0.15, -0.1) is 0 Å². The summed E-state index contributed by atoms with van der Waals surface area (Å²) >= 11 is 0. The average molecular weight is 307 g/mol. The smallest absolute Gasteiger partial charge is 0.379 e. The minimum atomic E-state index is -4.83. The van der Waals surface area contributed by atoms with Crippen LogP contribution in [0.1, 0.15) is 29.8 Å². The number of benzene rings is 1. The van der Waals surface area contributed by atoms with Gasteiger partial charge in [-0.2, -0.15) is 13.2 Å². The normalized spacial score (nSPS) is 11.8. The van der Waals surface area contributed by atoms with Gasteiger partial charge in [0.2, 0.25) is 0 Å². The van der Waals surface area contributed by atoms with E-state index in [-0.39, 0.29) is 13.2 Å². The molecule has 0 bridgehead atoms. The van der Waals surface area contributed by atoms with E-state index in [4.69, 9.17) is 4.74 Å². The van der Waals surface area contributed by atoms with Crippen molar-refractivity contribution in [1.29, 1.82) is 0 Å². The fourth-order valence-electron chi connectivity index (χ4n) is 1.58. The number of halogens is 4. The first-order chi connectivity index (χ1) is 9.73. The lowest BCUT2D eigenvalue weighted by Gasteiger charge is -2.11. The maximum Gasteiger partial charge on any atom is 0.419 e. The van der Waals surface area contributed by atoms with Gasteiger partial charge in [0.1, 0.15) is 5.82 Å². The van der Waals surface area contributed by atoms with Gasteiger partial charge in [-0.1, -0.05) is 19.9 Å². The minimum Gasteiger partial charge on any atom is -0.379 e. The van der Waals surface area contributed by atoms with Crippen LogP contribution in [0.2, 0.25) is 0 Å². The maximum absolute atomic E-state index is 13.7. The zero-order chi connectivity index (χ0) is 16.0. The minimum absolute atomic E-state index is 0.0985. The Balaban J connectivity index is 2.63. The van der Waals surface area contributed by atoms with Crippen molar-refractivity contribution >= 4 is 5.91 Å². The van der Waals surface area contributed by atoms with Gasteiger partial charge >= 0.3 is 6.18 Å². The highest BCUT2D eigenvalue weighted by Gasteiger charge is 2.35. The highest BCUT2D eigenvalue weighted by atomic mass is 19.4. The molecular weight excluding hydrogens is 290 g/mol. The van der Waals surface area contributed by atoms with E-state index >= 15 is 0 Å². The summed E-state index contributed by atoms with van der Waals surface area (Å²) in [5, 5.41) is 2.32. The SMILES string of the molecule is CC(C)COCCNC(=O)c1cccc(C(F)(F)F)c1F. The standard InChI is InChI=1S/C14H17F4NO2/c1-9(2)8-21-7-6-19-13(20)10-4-3-5-11(12(10)15)14(16,17)18/h3-5,9H,6-8H2,1-2H3,(H,19,20). The summed E-state index contributed by atoms with van der Waals surface area (Å²) in [5.41, 5.74) is -2.08. The molecule has 118 valence electrons. The number of amides is 1. The first-order valence-corrected chi connectivity index (χ1v) is 6.45. The first-order valence-electron chi connectivity index (χ1n) is 6.45. The molecule has 1 aromatic rings. The molecule has 1 N–H and O–H groups in total. The number of hydrogen-bond donors (Lipinski definition) is 1. The summed E-state index contributed by atoms with van der Waals surface area (Å²) in [6, 6.07) is 2.60. The van der Waals surface area contributed by atoms with Crippen molar-refractivity contribution < 1.29 is 27.1 Å². The zero-order valence-corrected chi connectivity index (χ0v) is 11.8. The van der Waals surface area contributed by atoms with Crippen LogP contribution in [-0.2, 0) is 10.9 Å². The van der Waals surface area contributed by atoms with Crippen LogP contribution < -0.4 is 5.32 Å². The third-order valence-electron chi connectivity index (χ3n) is 2.53. The number of hydrogen-bond acceptors (Lipinski definition) is 2. The van der Waals surface area contributed by atoms with Crippen LogP contribution in [0, 0.1) is 11.7 Å². The van der Waals surface area contributed by atoms with Crippen LogP contribution in [-0.4, -0.2) is 25.7 Å². The van der Waals surface area contributed by atoms with Crippen molar-refractivity contribution in [1.82, 2.24) is 5.32 Å². The summed E-state index contributed by atoms with van der Waals surface area (Å²) < 4.78 is 56.5. The first kappa shape index (κ1) is 17.4. The molecule has 1 rings (SSSR count). The van der Waals surface area contributed by atoms with Crippen LogP contribution in [0.25, 0.3) is 0 Å². The predicted octanol–water partition coefficient (Wildman–Crippen LogP) is 3.25. The van der Waals surface area contributed by atoms with Gasteiger partial charge in [-0.3, -0.25) is 4.79 Å². The molecule has 0 fully saturated rings. The Morgan fingerprint density at radius 1 is 1.33 bits per heavy atom. The Morgan fingerprint density at radius 2 is 2.00 bits per heavy atom. The summed E-state index contributed by atoms with van der Waals surface area (Å²) in [5.74, 6) is -2.13. The Hall–Kier alpha value is -1.63. The summed E-state index contributed by atoms with van der Waals surface area (Å²) in [7, 11) is 0. The molecule has 1 amide bonds. The van der Waals surface area contributed by atoms with Gasteiger partial charge in [0.25, 0.3) is 5.91 Å². The Labute approximate surface area is 120 Å². The molecule has 3 nitrogen and oxygen atoms in total. The lowest BCUT2D eigenvalue weighted by Crippen LogP contribution is -2.29. The largest absolute Gasteiger partial charge is 0.419 e. The van der Waals surface area contributed by atoms with E-state index in [1.165, 1.54) is 0 Å². The van der Waals surface area contributed by atoms with Gasteiger partial charge < -0.3 is 10.1 Å². The molecule has 0 aliphatic rings. The number of carbonyl (C=O) groups is 1. The van der Waals surface area contributed by atoms with Gasteiger partial charge in [-0.25, -0.2) is 4.39 Å². The quantitative estimate of drug-likeness (QED) is 0.647. The highest BCUT2D eigenvalue weighted by Crippen LogP contribution is 2.32. The molecule has 7 heteroatoms. The predicted molar refractivity (Wildman–Crippen MR) is 69.4 cm³/mol. The molecule has 21 heavy (non-hydrogen) atoms. The Morgan fingerprint density at radius 3 is 2.57 bits per heavy atom. The fraction of sp³-hybridized carbons (Fsp3) is 0.500. The van der Waals surface area contributed by atoms with Gasteiger partial charge in [-0.05, 0) is 18.1 Å². The number of ether oxygens (including phenoxy) is 1. The Bertz CT molecular complexity index is 486. The van der Waals surface area contributed by atoms with E-state index in [9.17, 15) is 22.4 Å². The van der Waals surface area contributed by atoms with E-state index in [0.29, 0.717) is 18.6 Å². The molecule has 0 spiro atoms. The lowest BCUT2D eigenvalue weighted by atomic mass is 10.1. The summed E-state index contributed by atoms with van der Waals surface area (Å²) in [4.78, 5) is 11.7. The fourth-order valence-corrected chi connectivity index (χ4v) is 1.58. The molecule has 0 atom stereocenters. The van der Waals surface area contributed by atoms with Crippen molar-refractivity contribution in [3.63, 3.8) is 0 Å². The molecule has 0 aromatic heterocycles. The third-order valence-corrected chi connectivity index (χ3v) is 2.53. The van der Waals surface area contributed by atoms with Gasteiger partial charge in [0.05, 0.1) is 17.7 Å². The monoisotopic (exact) mass is 307 g/mol. The van der Waals surface area contributed by atoms with Crippen LogP contribution in [0.5, 0.6) is 0 Å². The second-order valence-corrected chi connectivity index (χ2v) is 4.89. The van der Waals surface area contributed by atoms with Crippen LogP contribution in [0.15, 0.2) is 18.2 Å². The van der Waals surface area contributed by atoms with Crippen molar-refractivity contribution in [2.75, 3.05) is 19.8 Å². The molecule has 1 aromatic carbocycles. The molecule has 0 unspecified atom stereocenters. The van der Waals surface area contributed by atoms with Crippen molar-refractivity contribution in [2.24, 2.45) is 5.92 Å². The van der Waals surface area contributed by atoms with E-state index in [1.54, 1.807) is 0 Å². The van der Waals surface area contributed by atoms with Crippen LogP contribution in [0.3, 0.4) is 0 Å². The lowest BCUT2D eigenvalue weighted by molar-refractivity contribution is -0.140. The van der Waals surface area contributed by atoms with E-state index < -0.39 is 29.0 Å². The summed E-state index contributed by atoms with van der Waals surface area (Å²) in [6.45, 7) is 4.73. The zero-order valence-electron chi connectivity index (χ0n) is 11.8. The van der Waals surface area contributed by atoms with E-state index in [2.05, 4.69) is 5.32 Å². The topological polar surface area (TPSA) is 38.3 Å². The number of carbonyl (C=O) groups excluding carboxylic acids is 1. The molecule has 0 saturated heterocycles. The maximum atomic E-state index is 13.7. The van der Waals surface area contributed by atoms with Crippen molar-refractivity contribution in [3.05, 3.63) is 35.1 Å². The molecule has 0 aliphatic carbocycles. The van der Waals surface area contributed by atoms with Gasteiger partial charge in [0.15, 0.2) is 0 Å². The van der Waals surface area contributed by atoms with Crippen LogP contribution in [0.4, 0.5) is 17.6 Å². The van der Waals surface area contributed by atoms with E-state index in [0.717, 1.165) is 12.1 Å². The Kier molecular flexibility index (Phi) is 6.14. The molecular formula is C14H17F4NO2. The molecule has 0 aliphatic heterocycles. The van der Waals surface area contributed by atoms with Crippen molar-refractivity contribution in [2.45, 2.75) is 20.0 Å². The number of rotatable bonds is 6. The average Bonchev–Trinajstić information content (AvgIpc) is 2.36. The summed E-state index contributed by atoms with van der Waals surface area (Å²) in [6.07, 6.45) is -4.83. The number of nitrogens with one attached hydrogen (secondary N) is 1. The highest BCUT2D eigenvalue weighted by molar-refractivity contribution is 5.94. The molecule has 0 saturated carbocycles. The van der Waals surface area contributed by atoms with Crippen LogP contribution >= 0.6 is 0 Å². The molecule has 0 heterocycles. The van der Waals surface area contributed by atoms with E-state index in [1.807, 2.05) is 13.8 Å².